The van der Waals surface area contributed by atoms with Crippen LogP contribution >= 0.6 is 23.2 Å². The molecule has 2 aromatic heterocycles. The topological polar surface area (TPSA) is 114 Å². The maximum Gasteiger partial charge on any atom is 0.431 e. The first-order valence-electron chi connectivity index (χ1n) is 7.79. The number of hydrogen-bond donors (Lipinski definition) is 0. The van der Waals surface area contributed by atoms with Crippen molar-refractivity contribution >= 4 is 29.2 Å². The van der Waals surface area contributed by atoms with E-state index in [4.69, 9.17) is 23.2 Å². The molecule has 0 unspecified atom stereocenters. The van der Waals surface area contributed by atoms with Gasteiger partial charge in [-0.25, -0.2) is 14.2 Å². The Morgan fingerprint density at radius 3 is 2.40 bits per heavy atom. The summed E-state index contributed by atoms with van der Waals surface area (Å²) < 4.78 is 39.8. The minimum absolute atomic E-state index is 0.0170. The molecule has 0 aliphatic carbocycles. The molecule has 30 heavy (non-hydrogen) atoms. The highest BCUT2D eigenvalue weighted by molar-refractivity contribution is 6.37. The lowest BCUT2D eigenvalue weighted by Gasteiger charge is -2.15. The van der Waals surface area contributed by atoms with Crippen molar-refractivity contribution in [3.63, 3.8) is 0 Å². The van der Waals surface area contributed by atoms with Gasteiger partial charge in [0.2, 0.25) is 5.82 Å². The summed E-state index contributed by atoms with van der Waals surface area (Å²) in [5.74, 6) is -0.905. The van der Waals surface area contributed by atoms with Crippen molar-refractivity contribution in [3.05, 3.63) is 54.8 Å². The maximum absolute atomic E-state index is 13.0. The molecule has 1 aromatic carbocycles. The molecular weight excluding hydrogens is 456 g/mol. The van der Waals surface area contributed by atoms with E-state index in [-0.39, 0.29) is 37.8 Å². The van der Waals surface area contributed by atoms with Gasteiger partial charge in [-0.1, -0.05) is 28.3 Å². The van der Waals surface area contributed by atoms with Gasteiger partial charge in [-0.3, -0.25) is 9.36 Å². The molecule has 158 valence electrons. The van der Waals surface area contributed by atoms with Crippen LogP contribution in [0.5, 0.6) is 0 Å². The lowest BCUT2D eigenvalue weighted by Crippen LogP contribution is -2.40. The van der Waals surface area contributed by atoms with Crippen molar-refractivity contribution in [1.82, 2.24) is 29.5 Å². The monoisotopic (exact) mass is 464 g/mol. The second kappa shape index (κ2) is 7.57. The van der Waals surface area contributed by atoms with Crippen LogP contribution in [0.15, 0.2) is 27.8 Å². The van der Waals surface area contributed by atoms with Crippen molar-refractivity contribution in [2.75, 3.05) is 0 Å². The number of hydrogen-bond acceptors (Lipinski definition) is 7. The Balaban J connectivity index is 2.22. The highest BCUT2D eigenvalue weighted by Gasteiger charge is 2.35. The summed E-state index contributed by atoms with van der Waals surface area (Å²) in [7, 11) is 0.859. The van der Waals surface area contributed by atoms with Crippen LogP contribution in [0.4, 0.5) is 13.2 Å². The van der Waals surface area contributed by atoms with Gasteiger partial charge in [-0.2, -0.15) is 13.2 Å². The van der Waals surface area contributed by atoms with Crippen LogP contribution in [-0.2, 0) is 18.0 Å². The molecule has 0 saturated carbocycles. The smallest absolute Gasteiger partial charge is 0.301 e. The molecule has 10 nitrogen and oxygen atoms in total. The zero-order valence-corrected chi connectivity index (χ0v) is 16.5. The van der Waals surface area contributed by atoms with Crippen molar-refractivity contribution in [3.8, 4) is 17.1 Å². The Labute approximate surface area is 174 Å². The molecule has 0 fully saturated rings. The first kappa shape index (κ1) is 21.5. The number of alkyl halides is 3. The van der Waals surface area contributed by atoms with Crippen LogP contribution in [0.25, 0.3) is 17.1 Å². The van der Waals surface area contributed by atoms with Gasteiger partial charge in [0.15, 0.2) is 0 Å². The minimum atomic E-state index is -4.92. The second-order valence-corrected chi connectivity index (χ2v) is 6.59. The number of nitrogens with zero attached hydrogens (tertiary/aromatic N) is 6. The fraction of sp³-hybridized carbons (Fsp3) is 0.200. The van der Waals surface area contributed by atoms with E-state index in [1.807, 2.05) is 0 Å². The molecule has 0 spiro atoms. The van der Waals surface area contributed by atoms with E-state index >= 15 is 0 Å². The Hall–Kier alpha value is -3.19. The summed E-state index contributed by atoms with van der Waals surface area (Å²) in [6, 6.07) is 2.53. The van der Waals surface area contributed by atoms with E-state index in [1.54, 1.807) is 0 Å². The van der Waals surface area contributed by atoms with E-state index in [0.717, 1.165) is 26.1 Å². The van der Waals surface area contributed by atoms with Crippen molar-refractivity contribution in [1.29, 1.82) is 0 Å². The molecule has 0 radical (unpaired) electrons. The third-order valence-corrected chi connectivity index (χ3v) is 4.35. The molecule has 0 bridgehead atoms. The summed E-state index contributed by atoms with van der Waals surface area (Å²) in [5, 5.41) is 10.6. The molecule has 0 saturated heterocycles. The first-order valence-corrected chi connectivity index (χ1v) is 8.54. The van der Waals surface area contributed by atoms with Gasteiger partial charge in [0.1, 0.15) is 5.69 Å². The highest BCUT2D eigenvalue weighted by atomic mass is 35.5. The zero-order valence-electron chi connectivity index (χ0n) is 14.9. The van der Waals surface area contributed by atoms with Crippen LogP contribution in [0.1, 0.15) is 12.6 Å². The van der Waals surface area contributed by atoms with Gasteiger partial charge >= 0.3 is 17.8 Å². The molecule has 0 aliphatic heterocycles. The number of halogens is 5. The molecule has 0 atom stereocenters. The van der Waals surface area contributed by atoms with Crippen molar-refractivity contribution < 1.29 is 22.8 Å². The number of rotatable bonds is 3. The molecule has 0 aliphatic rings. The predicted molar refractivity (Wildman–Crippen MR) is 96.4 cm³/mol. The Morgan fingerprint density at radius 1 is 1.13 bits per heavy atom. The SMILES string of the molecule is CC(=O)On1nnc(-c2cc(-n3c(=O)cc(C(F)(F)F)n(C)c3=O)c(Cl)cc2Cl)n1. The number of tetrazole rings is 1. The van der Waals surface area contributed by atoms with E-state index in [0.29, 0.717) is 9.53 Å². The van der Waals surface area contributed by atoms with Gasteiger partial charge < -0.3 is 4.84 Å². The number of aromatic nitrogens is 6. The fourth-order valence-corrected chi connectivity index (χ4v) is 3.01. The van der Waals surface area contributed by atoms with E-state index in [2.05, 4.69) is 20.2 Å². The van der Waals surface area contributed by atoms with Crippen LogP contribution in [0, 0.1) is 0 Å². The zero-order chi connectivity index (χ0) is 22.4. The quantitative estimate of drug-likeness (QED) is 0.539. The summed E-state index contributed by atoms with van der Waals surface area (Å²) in [4.78, 5) is 40.9. The Bertz CT molecular complexity index is 1280. The molecular formula is C15H9Cl2F3N6O4. The fourth-order valence-electron chi connectivity index (χ4n) is 2.46. The molecule has 15 heteroatoms. The standard InChI is InChI=1S/C15H9Cl2F3N6O4/c1-6(27)30-26-22-13(21-23-26)7-3-10(9(17)4-8(7)16)25-12(28)5-11(15(18,19)20)24(2)14(25)29/h3-5H,1-2H3. The average molecular weight is 465 g/mol. The summed E-state index contributed by atoms with van der Waals surface area (Å²) in [6.07, 6.45) is -4.92. The van der Waals surface area contributed by atoms with Gasteiger partial charge in [0, 0.05) is 30.6 Å². The van der Waals surface area contributed by atoms with Crippen LogP contribution in [-0.4, -0.2) is 35.5 Å². The largest absolute Gasteiger partial charge is 0.431 e. The molecule has 2 heterocycles. The van der Waals surface area contributed by atoms with Gasteiger partial charge in [-0.15, -0.1) is 5.10 Å². The highest BCUT2D eigenvalue weighted by Crippen LogP contribution is 2.32. The number of benzene rings is 1. The van der Waals surface area contributed by atoms with Crippen LogP contribution in [0.3, 0.4) is 0 Å². The van der Waals surface area contributed by atoms with Crippen LogP contribution in [0.2, 0.25) is 10.0 Å². The lowest BCUT2D eigenvalue weighted by atomic mass is 10.2. The second-order valence-electron chi connectivity index (χ2n) is 5.77. The van der Waals surface area contributed by atoms with E-state index in [9.17, 15) is 27.6 Å². The average Bonchev–Trinajstić information content (AvgIpc) is 3.06. The number of carbonyl (C=O) groups excluding carboxylic acids is 1. The number of carbonyl (C=O) groups is 1. The maximum atomic E-state index is 13.0. The van der Waals surface area contributed by atoms with Gasteiger partial charge in [-0.05, 0) is 17.3 Å². The Kier molecular flexibility index (Phi) is 5.43. The third kappa shape index (κ3) is 3.93. The first-order chi connectivity index (χ1) is 13.9. The summed E-state index contributed by atoms with van der Waals surface area (Å²) in [6.45, 7) is 1.10. The van der Waals surface area contributed by atoms with Crippen molar-refractivity contribution in [2.45, 2.75) is 13.1 Å². The van der Waals surface area contributed by atoms with Crippen molar-refractivity contribution in [2.24, 2.45) is 7.05 Å². The lowest BCUT2D eigenvalue weighted by molar-refractivity contribution is -0.145. The van der Waals surface area contributed by atoms with Gasteiger partial charge in [0.25, 0.3) is 5.56 Å². The normalized spacial score (nSPS) is 11.6. The molecule has 3 rings (SSSR count). The van der Waals surface area contributed by atoms with E-state index in [1.165, 1.54) is 0 Å². The third-order valence-electron chi connectivity index (χ3n) is 3.74. The summed E-state index contributed by atoms with van der Waals surface area (Å²) >= 11 is 12.2. The minimum Gasteiger partial charge on any atom is -0.301 e. The van der Waals surface area contributed by atoms with Gasteiger partial charge in [0.05, 0.1) is 15.7 Å². The molecule has 3 aromatic rings. The Morgan fingerprint density at radius 2 is 1.80 bits per heavy atom. The van der Waals surface area contributed by atoms with Crippen LogP contribution < -0.4 is 16.1 Å². The molecule has 0 amide bonds. The van der Waals surface area contributed by atoms with E-state index < -0.39 is 29.1 Å². The summed E-state index contributed by atoms with van der Waals surface area (Å²) in [5.41, 5.74) is -4.23. The molecule has 0 N–H and O–H groups in total. The predicted octanol–water partition coefficient (Wildman–Crippen LogP) is 1.49.